The molecule has 1 heterocycles. The average molecular weight is 405 g/mol. The van der Waals surface area contributed by atoms with Crippen LogP contribution in [-0.2, 0) is 20.7 Å². The van der Waals surface area contributed by atoms with Crippen molar-refractivity contribution in [1.29, 1.82) is 0 Å². The normalized spacial score (nSPS) is 16.2. The second-order valence-corrected chi connectivity index (χ2v) is 8.63. The maximum Gasteiger partial charge on any atom is 0.410 e. The van der Waals surface area contributed by atoms with Crippen molar-refractivity contribution in [3.8, 4) is 0 Å². The molecule has 1 saturated heterocycles. The molecular formula is C22H32N2O5. The first-order valence-corrected chi connectivity index (χ1v) is 10.1. The first-order valence-electron chi connectivity index (χ1n) is 10.1. The van der Waals surface area contributed by atoms with Crippen LogP contribution in [0.2, 0.25) is 0 Å². The van der Waals surface area contributed by atoms with Gasteiger partial charge in [-0.3, -0.25) is 9.59 Å². The van der Waals surface area contributed by atoms with Crippen molar-refractivity contribution in [1.82, 2.24) is 9.80 Å². The molecule has 29 heavy (non-hydrogen) atoms. The molecule has 0 saturated carbocycles. The molecule has 0 aromatic heterocycles. The van der Waals surface area contributed by atoms with Crippen LogP contribution in [0.5, 0.6) is 0 Å². The number of hydrogen-bond acceptors (Lipinski definition) is 4. The van der Waals surface area contributed by atoms with Gasteiger partial charge in [-0.25, -0.2) is 4.79 Å². The minimum atomic E-state index is -0.957. The van der Waals surface area contributed by atoms with E-state index in [0.717, 1.165) is 5.56 Å². The zero-order chi connectivity index (χ0) is 21.6. The van der Waals surface area contributed by atoms with Gasteiger partial charge in [0.1, 0.15) is 5.60 Å². The molecule has 1 aromatic carbocycles. The Hall–Kier alpha value is -2.57. The predicted molar refractivity (Wildman–Crippen MR) is 109 cm³/mol. The molecule has 1 aliphatic rings. The van der Waals surface area contributed by atoms with Crippen molar-refractivity contribution in [2.75, 3.05) is 20.1 Å². The average Bonchev–Trinajstić information content (AvgIpc) is 2.66. The van der Waals surface area contributed by atoms with Crippen LogP contribution in [0.4, 0.5) is 4.79 Å². The quantitative estimate of drug-likeness (QED) is 0.787. The van der Waals surface area contributed by atoms with Gasteiger partial charge in [-0.05, 0) is 45.6 Å². The Morgan fingerprint density at radius 1 is 1.17 bits per heavy atom. The summed E-state index contributed by atoms with van der Waals surface area (Å²) in [5.74, 6) is -1.85. The number of rotatable bonds is 6. The molecule has 0 bridgehead atoms. The highest BCUT2D eigenvalue weighted by atomic mass is 16.6. The lowest BCUT2D eigenvalue weighted by Gasteiger charge is -2.37. The fraction of sp³-hybridized carbons (Fsp3) is 0.591. The van der Waals surface area contributed by atoms with Crippen molar-refractivity contribution >= 4 is 18.0 Å². The van der Waals surface area contributed by atoms with E-state index in [4.69, 9.17) is 4.74 Å². The molecule has 1 N–H and O–H groups in total. The lowest BCUT2D eigenvalue weighted by molar-refractivity contribution is -0.146. The van der Waals surface area contributed by atoms with E-state index in [2.05, 4.69) is 0 Å². The van der Waals surface area contributed by atoms with Crippen LogP contribution in [0.25, 0.3) is 0 Å². The summed E-state index contributed by atoms with van der Waals surface area (Å²) in [5, 5.41) is 9.52. The van der Waals surface area contributed by atoms with Crippen molar-refractivity contribution < 1.29 is 24.2 Å². The van der Waals surface area contributed by atoms with E-state index >= 15 is 0 Å². The zero-order valence-electron chi connectivity index (χ0n) is 17.8. The first kappa shape index (κ1) is 22.7. The molecule has 7 heteroatoms. The van der Waals surface area contributed by atoms with E-state index in [-0.39, 0.29) is 24.5 Å². The molecule has 0 unspecified atom stereocenters. The third-order valence-electron chi connectivity index (χ3n) is 5.14. The summed E-state index contributed by atoms with van der Waals surface area (Å²) < 4.78 is 5.40. The van der Waals surface area contributed by atoms with Crippen LogP contribution in [0, 0.1) is 5.92 Å². The Morgan fingerprint density at radius 3 is 2.28 bits per heavy atom. The summed E-state index contributed by atoms with van der Waals surface area (Å²) >= 11 is 0. The number of aliphatic carboxylic acids is 1. The molecule has 1 aliphatic heterocycles. The summed E-state index contributed by atoms with van der Waals surface area (Å²) in [7, 11) is 1.72. The van der Waals surface area contributed by atoms with E-state index in [0.29, 0.717) is 32.4 Å². The van der Waals surface area contributed by atoms with Gasteiger partial charge in [0.25, 0.3) is 0 Å². The number of carbonyl (C=O) groups excluding carboxylic acids is 2. The third kappa shape index (κ3) is 7.07. The number of carboxylic acid groups (broad SMARTS) is 1. The number of amides is 2. The Bertz CT molecular complexity index is 706. The van der Waals surface area contributed by atoms with Gasteiger partial charge in [0.05, 0.1) is 5.92 Å². The van der Waals surface area contributed by atoms with Crippen molar-refractivity contribution in [2.24, 2.45) is 5.92 Å². The van der Waals surface area contributed by atoms with Crippen molar-refractivity contribution in [3.05, 3.63) is 35.9 Å². The fourth-order valence-corrected chi connectivity index (χ4v) is 3.47. The summed E-state index contributed by atoms with van der Waals surface area (Å²) in [4.78, 5) is 39.8. The van der Waals surface area contributed by atoms with Crippen LogP contribution >= 0.6 is 0 Å². The molecule has 2 rings (SSSR count). The fourth-order valence-electron chi connectivity index (χ4n) is 3.47. The van der Waals surface area contributed by atoms with Gasteiger partial charge in [0.2, 0.25) is 5.91 Å². The molecule has 0 spiro atoms. The van der Waals surface area contributed by atoms with Crippen LogP contribution < -0.4 is 0 Å². The zero-order valence-corrected chi connectivity index (χ0v) is 17.8. The lowest BCUT2D eigenvalue weighted by atomic mass is 9.95. The maximum atomic E-state index is 12.7. The van der Waals surface area contributed by atoms with Crippen molar-refractivity contribution in [3.63, 3.8) is 0 Å². The number of benzene rings is 1. The highest BCUT2D eigenvalue weighted by molar-refractivity contribution is 5.82. The number of hydrogen-bond donors (Lipinski definition) is 1. The summed E-state index contributed by atoms with van der Waals surface area (Å²) in [6.07, 6.45) is 1.25. The van der Waals surface area contributed by atoms with E-state index in [1.165, 1.54) is 0 Å². The molecule has 1 atom stereocenters. The Balaban J connectivity index is 1.87. The molecule has 2 amide bonds. The summed E-state index contributed by atoms with van der Waals surface area (Å²) in [5.41, 5.74) is 0.359. The number of carboxylic acids is 1. The van der Waals surface area contributed by atoms with Crippen LogP contribution in [-0.4, -0.2) is 64.7 Å². The number of piperidine rings is 1. The molecule has 0 aliphatic carbocycles. The predicted octanol–water partition coefficient (Wildman–Crippen LogP) is 3.18. The van der Waals surface area contributed by atoms with E-state index in [1.807, 2.05) is 51.1 Å². The highest BCUT2D eigenvalue weighted by Gasteiger charge is 2.31. The topological polar surface area (TPSA) is 87.2 Å². The Kier molecular flexibility index (Phi) is 7.65. The molecule has 0 radical (unpaired) electrons. The van der Waals surface area contributed by atoms with E-state index < -0.39 is 17.5 Å². The number of carbonyl (C=O) groups is 3. The van der Waals surface area contributed by atoms with Gasteiger partial charge >= 0.3 is 12.1 Å². The lowest BCUT2D eigenvalue weighted by Crippen LogP contribution is -2.48. The maximum absolute atomic E-state index is 12.7. The molecule has 1 fully saturated rings. The van der Waals surface area contributed by atoms with Crippen LogP contribution in [0.3, 0.4) is 0 Å². The number of ether oxygens (including phenoxy) is 1. The monoisotopic (exact) mass is 404 g/mol. The van der Waals surface area contributed by atoms with Gasteiger partial charge in [0, 0.05) is 32.6 Å². The summed E-state index contributed by atoms with van der Waals surface area (Å²) in [6.45, 7) is 6.50. The minimum Gasteiger partial charge on any atom is -0.481 e. The molecule has 160 valence electrons. The number of nitrogens with zero attached hydrogens (tertiary/aromatic N) is 2. The standard InChI is InChI=1S/C22H32N2O5/c1-22(2,3)29-21(28)23(4)18-10-12-24(13-11-18)19(25)15-17(20(26)27)14-16-8-6-5-7-9-16/h5-9,17-18H,10-15H2,1-4H3,(H,26,27)/t17-/m1/s1. The Labute approximate surface area is 172 Å². The van der Waals surface area contributed by atoms with E-state index in [1.54, 1.807) is 16.8 Å². The minimum absolute atomic E-state index is 0.00786. The second-order valence-electron chi connectivity index (χ2n) is 8.63. The molecule has 7 nitrogen and oxygen atoms in total. The number of likely N-dealkylation sites (tertiary alicyclic amines) is 1. The first-order chi connectivity index (χ1) is 13.6. The van der Waals surface area contributed by atoms with Gasteiger partial charge in [0.15, 0.2) is 0 Å². The van der Waals surface area contributed by atoms with Crippen LogP contribution in [0.15, 0.2) is 30.3 Å². The Morgan fingerprint density at radius 2 is 1.76 bits per heavy atom. The summed E-state index contributed by atoms with van der Waals surface area (Å²) in [6, 6.07) is 9.36. The van der Waals surface area contributed by atoms with Crippen LogP contribution in [0.1, 0.15) is 45.6 Å². The SMILES string of the molecule is CN(C(=O)OC(C)(C)C)C1CCN(C(=O)C[C@@H](Cc2ccccc2)C(=O)O)CC1. The molecule has 1 aromatic rings. The van der Waals surface area contributed by atoms with Gasteiger partial charge in [-0.2, -0.15) is 0 Å². The third-order valence-corrected chi connectivity index (χ3v) is 5.14. The van der Waals surface area contributed by atoms with E-state index in [9.17, 15) is 19.5 Å². The van der Waals surface area contributed by atoms with Gasteiger partial charge in [-0.15, -0.1) is 0 Å². The highest BCUT2D eigenvalue weighted by Crippen LogP contribution is 2.21. The largest absolute Gasteiger partial charge is 0.481 e. The molecular weight excluding hydrogens is 372 g/mol. The van der Waals surface area contributed by atoms with Gasteiger partial charge in [-0.1, -0.05) is 30.3 Å². The van der Waals surface area contributed by atoms with Gasteiger partial charge < -0.3 is 19.6 Å². The second kappa shape index (κ2) is 9.76. The smallest absolute Gasteiger partial charge is 0.410 e. The van der Waals surface area contributed by atoms with Crippen molar-refractivity contribution in [2.45, 2.75) is 58.1 Å².